The summed E-state index contributed by atoms with van der Waals surface area (Å²) in [6, 6.07) is 0. The van der Waals surface area contributed by atoms with E-state index in [9.17, 15) is 9.59 Å². The summed E-state index contributed by atoms with van der Waals surface area (Å²) in [5.41, 5.74) is 7.81. The number of carbonyl (C=O) groups excluding carboxylic acids is 2. The molecule has 0 unspecified atom stereocenters. The molecule has 1 fully saturated rings. The highest BCUT2D eigenvalue weighted by atomic mass is 32.1. The molecule has 1 aromatic heterocycles. The first-order chi connectivity index (χ1) is 8.68. The Labute approximate surface area is 110 Å². The van der Waals surface area contributed by atoms with Crippen LogP contribution in [0.15, 0.2) is 0 Å². The van der Waals surface area contributed by atoms with Crippen LogP contribution in [0.25, 0.3) is 0 Å². The highest BCUT2D eigenvalue weighted by Crippen LogP contribution is 2.40. The minimum absolute atomic E-state index is 0.0602. The van der Waals surface area contributed by atoms with Crippen LogP contribution in [-0.2, 0) is 17.6 Å². The molecule has 96 valence electrons. The van der Waals surface area contributed by atoms with Gasteiger partial charge in [0.2, 0.25) is 5.91 Å². The molecule has 0 aromatic carbocycles. The normalized spacial score (nSPS) is 22.7. The van der Waals surface area contributed by atoms with E-state index in [2.05, 4.69) is 5.32 Å². The van der Waals surface area contributed by atoms with Crippen molar-refractivity contribution in [2.75, 3.05) is 6.54 Å². The van der Waals surface area contributed by atoms with E-state index in [0.717, 1.165) is 49.1 Å². The lowest BCUT2D eigenvalue weighted by Gasteiger charge is -2.15. The van der Waals surface area contributed by atoms with Crippen molar-refractivity contribution < 1.29 is 9.59 Å². The fourth-order valence-corrected chi connectivity index (χ4v) is 4.37. The summed E-state index contributed by atoms with van der Waals surface area (Å²) in [4.78, 5) is 25.1. The summed E-state index contributed by atoms with van der Waals surface area (Å²) < 4.78 is 0. The molecule has 2 heterocycles. The molecule has 1 atom stereocenters. The van der Waals surface area contributed by atoms with Crippen LogP contribution < -0.4 is 11.1 Å². The molecule has 1 aliphatic carbocycles. The van der Waals surface area contributed by atoms with Crippen LogP contribution in [0.3, 0.4) is 0 Å². The molecule has 3 N–H and O–H groups in total. The Hall–Kier alpha value is -1.36. The van der Waals surface area contributed by atoms with Crippen molar-refractivity contribution in [3.8, 4) is 0 Å². The van der Waals surface area contributed by atoms with Crippen LogP contribution in [0, 0.1) is 0 Å². The van der Waals surface area contributed by atoms with Gasteiger partial charge >= 0.3 is 0 Å². The number of hydrogen-bond donors (Lipinski definition) is 2. The van der Waals surface area contributed by atoms with E-state index >= 15 is 0 Å². The van der Waals surface area contributed by atoms with Crippen LogP contribution in [-0.4, -0.2) is 18.4 Å². The molecule has 1 saturated heterocycles. The number of nitrogens with two attached hydrogens (primary N) is 1. The van der Waals surface area contributed by atoms with Crippen molar-refractivity contribution in [2.24, 2.45) is 5.73 Å². The van der Waals surface area contributed by atoms with Gasteiger partial charge in [0.15, 0.2) is 0 Å². The molecular formula is C13H16N2O2S. The summed E-state index contributed by atoms with van der Waals surface area (Å²) in [7, 11) is 0. The molecule has 3 rings (SSSR count). The second-order valence-electron chi connectivity index (χ2n) is 4.96. The number of amides is 2. The quantitative estimate of drug-likeness (QED) is 0.846. The SMILES string of the molecule is NC(=O)c1sc([C@@H]2CCNC2=O)c2c1CCCC2. The van der Waals surface area contributed by atoms with Crippen LogP contribution in [0.5, 0.6) is 0 Å². The average molecular weight is 264 g/mol. The van der Waals surface area contributed by atoms with Crippen molar-refractivity contribution >= 4 is 23.2 Å². The third-order valence-electron chi connectivity index (χ3n) is 3.84. The van der Waals surface area contributed by atoms with E-state index in [1.165, 1.54) is 16.9 Å². The summed E-state index contributed by atoms with van der Waals surface area (Å²) in [6.07, 6.45) is 5.00. The van der Waals surface area contributed by atoms with Gasteiger partial charge in [0.05, 0.1) is 10.8 Å². The van der Waals surface area contributed by atoms with E-state index in [4.69, 9.17) is 5.73 Å². The van der Waals surface area contributed by atoms with E-state index in [1.54, 1.807) is 0 Å². The first-order valence-corrected chi connectivity index (χ1v) is 7.22. The van der Waals surface area contributed by atoms with Gasteiger partial charge in [-0.25, -0.2) is 0 Å². The minimum Gasteiger partial charge on any atom is -0.365 e. The molecule has 5 heteroatoms. The van der Waals surface area contributed by atoms with E-state index in [-0.39, 0.29) is 17.7 Å². The van der Waals surface area contributed by atoms with Gasteiger partial charge in [-0.1, -0.05) is 0 Å². The smallest absolute Gasteiger partial charge is 0.259 e. The first-order valence-electron chi connectivity index (χ1n) is 6.40. The van der Waals surface area contributed by atoms with Crippen LogP contribution in [0.4, 0.5) is 0 Å². The fourth-order valence-electron chi connectivity index (χ4n) is 2.99. The van der Waals surface area contributed by atoms with Gasteiger partial charge in [0.25, 0.3) is 5.91 Å². The lowest BCUT2D eigenvalue weighted by molar-refractivity contribution is -0.120. The number of carbonyl (C=O) groups is 2. The van der Waals surface area contributed by atoms with Gasteiger partial charge in [-0.05, 0) is 43.2 Å². The Kier molecular flexibility index (Phi) is 2.86. The maximum atomic E-state index is 11.8. The van der Waals surface area contributed by atoms with Crippen LogP contribution in [0.2, 0.25) is 0 Å². The topological polar surface area (TPSA) is 72.2 Å². The molecule has 1 aliphatic heterocycles. The third-order valence-corrected chi connectivity index (χ3v) is 5.24. The molecule has 0 spiro atoms. The van der Waals surface area contributed by atoms with E-state index in [0.29, 0.717) is 4.88 Å². The number of nitrogens with one attached hydrogen (secondary N) is 1. The molecule has 0 bridgehead atoms. The number of primary amides is 1. The molecule has 18 heavy (non-hydrogen) atoms. The number of rotatable bonds is 2. The zero-order chi connectivity index (χ0) is 12.7. The number of fused-ring (bicyclic) bond motifs is 1. The Bertz CT molecular complexity index is 521. The Morgan fingerprint density at radius 3 is 2.61 bits per heavy atom. The molecule has 2 aliphatic rings. The number of thiophene rings is 1. The first kappa shape index (κ1) is 11.7. The summed E-state index contributed by atoms with van der Waals surface area (Å²) in [5.74, 6) is -0.307. The largest absolute Gasteiger partial charge is 0.365 e. The fraction of sp³-hybridized carbons (Fsp3) is 0.538. The van der Waals surface area contributed by atoms with Gasteiger partial charge < -0.3 is 11.1 Å². The predicted molar refractivity (Wildman–Crippen MR) is 69.8 cm³/mol. The zero-order valence-electron chi connectivity index (χ0n) is 10.1. The molecule has 4 nitrogen and oxygen atoms in total. The standard InChI is InChI=1S/C13H16N2O2S/c14-12(16)11-8-4-2-1-3-7(8)10(18-11)9-5-6-15-13(9)17/h9H,1-6H2,(H2,14,16)(H,15,17)/t9-/m0/s1. The molecule has 0 saturated carbocycles. The highest BCUT2D eigenvalue weighted by molar-refractivity contribution is 7.14. The van der Waals surface area contributed by atoms with Crippen molar-refractivity contribution in [1.82, 2.24) is 5.32 Å². The van der Waals surface area contributed by atoms with E-state index < -0.39 is 0 Å². The van der Waals surface area contributed by atoms with Gasteiger partial charge in [0, 0.05) is 11.4 Å². The predicted octanol–water partition coefficient (Wildman–Crippen LogP) is 1.33. The molecular weight excluding hydrogens is 248 g/mol. The Morgan fingerprint density at radius 1 is 1.28 bits per heavy atom. The average Bonchev–Trinajstić information content (AvgIpc) is 2.92. The molecule has 0 radical (unpaired) electrons. The molecule has 2 amide bonds. The second-order valence-corrected chi connectivity index (χ2v) is 6.01. The van der Waals surface area contributed by atoms with Crippen molar-refractivity contribution in [3.05, 3.63) is 20.9 Å². The maximum Gasteiger partial charge on any atom is 0.259 e. The summed E-state index contributed by atoms with van der Waals surface area (Å²) in [6.45, 7) is 0.738. The zero-order valence-corrected chi connectivity index (χ0v) is 10.9. The van der Waals surface area contributed by atoms with Crippen LogP contribution >= 0.6 is 11.3 Å². The Morgan fingerprint density at radius 2 is 2.00 bits per heavy atom. The highest BCUT2D eigenvalue weighted by Gasteiger charge is 2.33. The van der Waals surface area contributed by atoms with Crippen LogP contribution in [0.1, 0.15) is 50.9 Å². The van der Waals surface area contributed by atoms with Gasteiger partial charge in [-0.15, -0.1) is 11.3 Å². The van der Waals surface area contributed by atoms with Gasteiger partial charge in [0.1, 0.15) is 0 Å². The van der Waals surface area contributed by atoms with Crippen molar-refractivity contribution in [3.63, 3.8) is 0 Å². The van der Waals surface area contributed by atoms with Crippen molar-refractivity contribution in [1.29, 1.82) is 0 Å². The maximum absolute atomic E-state index is 11.8. The lowest BCUT2D eigenvalue weighted by Crippen LogP contribution is -2.18. The Balaban J connectivity index is 2.09. The second kappa shape index (κ2) is 4.39. The molecule has 1 aromatic rings. The third kappa shape index (κ3) is 1.73. The lowest BCUT2D eigenvalue weighted by atomic mass is 9.88. The van der Waals surface area contributed by atoms with Gasteiger partial charge in [-0.3, -0.25) is 9.59 Å². The van der Waals surface area contributed by atoms with Gasteiger partial charge in [-0.2, -0.15) is 0 Å². The summed E-state index contributed by atoms with van der Waals surface area (Å²) in [5, 5.41) is 2.86. The summed E-state index contributed by atoms with van der Waals surface area (Å²) >= 11 is 1.45. The van der Waals surface area contributed by atoms with E-state index in [1.807, 2.05) is 0 Å². The number of hydrogen-bond acceptors (Lipinski definition) is 3. The minimum atomic E-state index is -0.345. The monoisotopic (exact) mass is 264 g/mol. The van der Waals surface area contributed by atoms with Crippen molar-refractivity contribution in [2.45, 2.75) is 38.0 Å².